The number of hydrogen-bond donors (Lipinski definition) is 2. The molecule has 0 bridgehead atoms. The Bertz CT molecular complexity index is 954. The van der Waals surface area contributed by atoms with Gasteiger partial charge in [0, 0.05) is 19.2 Å². The molecule has 0 radical (unpaired) electrons. The number of nitrogens with zero attached hydrogens (tertiary/aromatic N) is 1. The van der Waals surface area contributed by atoms with Gasteiger partial charge in [-0.25, -0.2) is 4.98 Å². The monoisotopic (exact) mass is 401 g/mol. The summed E-state index contributed by atoms with van der Waals surface area (Å²) in [4.78, 5) is 27.7. The molecule has 8 heteroatoms. The third-order valence-electron chi connectivity index (χ3n) is 3.66. The fourth-order valence-electron chi connectivity index (χ4n) is 2.37. The van der Waals surface area contributed by atoms with Gasteiger partial charge < -0.3 is 15.4 Å². The van der Waals surface area contributed by atoms with Crippen LogP contribution in [0.5, 0.6) is 5.75 Å². The number of rotatable bonds is 7. The van der Waals surface area contributed by atoms with Crippen molar-refractivity contribution in [3.63, 3.8) is 0 Å². The lowest BCUT2D eigenvalue weighted by Gasteiger charge is -2.05. The fraction of sp³-hybridized carbons (Fsp3) is 0.211. The molecule has 1 heterocycles. The quantitative estimate of drug-likeness (QED) is 0.591. The van der Waals surface area contributed by atoms with Crippen molar-refractivity contribution in [1.29, 1.82) is 0 Å². The summed E-state index contributed by atoms with van der Waals surface area (Å²) in [6.07, 6.45) is 0. The van der Waals surface area contributed by atoms with E-state index in [1.54, 1.807) is 7.11 Å². The number of fused-ring (bicyclic) bond motifs is 1. The van der Waals surface area contributed by atoms with E-state index < -0.39 is 0 Å². The van der Waals surface area contributed by atoms with Gasteiger partial charge >= 0.3 is 0 Å². The molecule has 27 heavy (non-hydrogen) atoms. The van der Waals surface area contributed by atoms with Gasteiger partial charge in [0.2, 0.25) is 11.8 Å². The van der Waals surface area contributed by atoms with Gasteiger partial charge in [-0.05, 0) is 35.9 Å². The summed E-state index contributed by atoms with van der Waals surface area (Å²) in [6.45, 7) is 1.95. The number of ether oxygens (including phenoxy) is 1. The van der Waals surface area contributed by atoms with Gasteiger partial charge in [0.25, 0.3) is 0 Å². The Morgan fingerprint density at radius 2 is 1.96 bits per heavy atom. The standard InChI is InChI=1S/C19H19N3O3S2/c1-12(23)21-14-5-8-16-17(9-14)27-19(22-16)26-11-18(24)20-10-13-3-6-15(25-2)7-4-13/h3-9H,10-11H2,1-2H3,(H,20,24)(H,21,23). The average Bonchev–Trinajstić information content (AvgIpc) is 3.07. The number of thioether (sulfide) groups is 1. The van der Waals surface area contributed by atoms with Crippen molar-refractivity contribution in [3.8, 4) is 5.75 Å². The molecule has 3 aromatic rings. The molecule has 6 nitrogen and oxygen atoms in total. The molecule has 2 N–H and O–H groups in total. The first-order chi connectivity index (χ1) is 13.0. The summed E-state index contributed by atoms with van der Waals surface area (Å²) in [5.41, 5.74) is 2.61. The summed E-state index contributed by atoms with van der Waals surface area (Å²) in [5, 5.41) is 5.66. The third kappa shape index (κ3) is 5.45. The Kier molecular flexibility index (Phi) is 6.31. The first-order valence-electron chi connectivity index (χ1n) is 8.24. The maximum Gasteiger partial charge on any atom is 0.230 e. The Labute approximate surface area is 165 Å². The molecule has 0 aliphatic heterocycles. The zero-order valence-electron chi connectivity index (χ0n) is 14.9. The Hall–Kier alpha value is -2.58. The zero-order chi connectivity index (χ0) is 19.2. The second-order valence-corrected chi connectivity index (χ2v) is 8.01. The van der Waals surface area contributed by atoms with E-state index in [0.29, 0.717) is 12.3 Å². The molecular weight excluding hydrogens is 382 g/mol. The lowest BCUT2D eigenvalue weighted by Crippen LogP contribution is -2.24. The van der Waals surface area contributed by atoms with E-state index in [4.69, 9.17) is 4.74 Å². The number of carbonyl (C=O) groups excluding carboxylic acids is 2. The van der Waals surface area contributed by atoms with Gasteiger partial charge in [-0.3, -0.25) is 9.59 Å². The van der Waals surface area contributed by atoms with Gasteiger partial charge in [-0.1, -0.05) is 23.9 Å². The predicted octanol–water partition coefficient (Wildman–Crippen LogP) is 3.67. The zero-order valence-corrected chi connectivity index (χ0v) is 16.6. The molecule has 2 aromatic carbocycles. The average molecular weight is 402 g/mol. The van der Waals surface area contributed by atoms with Crippen LogP contribution in [0.25, 0.3) is 10.2 Å². The van der Waals surface area contributed by atoms with Crippen LogP contribution in [-0.4, -0.2) is 29.7 Å². The first kappa shape index (κ1) is 19.2. The molecule has 0 spiro atoms. The minimum Gasteiger partial charge on any atom is -0.497 e. The van der Waals surface area contributed by atoms with Crippen LogP contribution in [-0.2, 0) is 16.1 Å². The van der Waals surface area contributed by atoms with E-state index in [2.05, 4.69) is 15.6 Å². The highest BCUT2D eigenvalue weighted by molar-refractivity contribution is 8.01. The molecule has 0 unspecified atom stereocenters. The number of aromatic nitrogens is 1. The van der Waals surface area contributed by atoms with Crippen LogP contribution in [0.2, 0.25) is 0 Å². The maximum absolute atomic E-state index is 12.1. The highest BCUT2D eigenvalue weighted by Gasteiger charge is 2.09. The molecular formula is C19H19N3O3S2. The number of nitrogens with one attached hydrogen (secondary N) is 2. The Morgan fingerprint density at radius 3 is 2.67 bits per heavy atom. The molecule has 3 rings (SSSR count). The van der Waals surface area contributed by atoms with Crippen molar-refractivity contribution in [2.75, 3.05) is 18.2 Å². The number of methoxy groups -OCH3 is 1. The molecule has 0 aliphatic rings. The smallest absolute Gasteiger partial charge is 0.230 e. The molecule has 0 saturated heterocycles. The number of thiazole rings is 1. The lowest BCUT2D eigenvalue weighted by molar-refractivity contribution is -0.118. The number of hydrogen-bond acceptors (Lipinski definition) is 6. The molecule has 0 saturated carbocycles. The Balaban J connectivity index is 1.52. The summed E-state index contributed by atoms with van der Waals surface area (Å²) in [6, 6.07) is 13.2. The number of anilines is 1. The second kappa shape index (κ2) is 8.88. The Morgan fingerprint density at radius 1 is 1.19 bits per heavy atom. The van der Waals surface area contributed by atoms with Crippen molar-refractivity contribution >= 4 is 50.8 Å². The molecule has 0 aliphatic carbocycles. The summed E-state index contributed by atoms with van der Waals surface area (Å²) in [5.74, 6) is 0.934. The van der Waals surface area contributed by atoms with Gasteiger partial charge in [-0.15, -0.1) is 11.3 Å². The van der Waals surface area contributed by atoms with Crippen LogP contribution in [0.1, 0.15) is 12.5 Å². The van der Waals surface area contributed by atoms with Crippen LogP contribution >= 0.6 is 23.1 Å². The van der Waals surface area contributed by atoms with E-state index >= 15 is 0 Å². The predicted molar refractivity (Wildman–Crippen MR) is 109 cm³/mol. The van der Waals surface area contributed by atoms with Crippen LogP contribution in [0, 0.1) is 0 Å². The normalized spacial score (nSPS) is 10.6. The van der Waals surface area contributed by atoms with Gasteiger partial charge in [0.15, 0.2) is 4.34 Å². The van der Waals surface area contributed by atoms with Crippen LogP contribution in [0.4, 0.5) is 5.69 Å². The van der Waals surface area contributed by atoms with Gasteiger partial charge in [0.1, 0.15) is 5.75 Å². The van der Waals surface area contributed by atoms with Crippen LogP contribution < -0.4 is 15.4 Å². The van der Waals surface area contributed by atoms with E-state index in [9.17, 15) is 9.59 Å². The first-order valence-corrected chi connectivity index (χ1v) is 10.0. The van der Waals surface area contributed by atoms with Crippen molar-refractivity contribution in [1.82, 2.24) is 10.3 Å². The van der Waals surface area contributed by atoms with E-state index in [1.165, 1.54) is 30.0 Å². The van der Waals surface area contributed by atoms with Gasteiger partial charge in [-0.2, -0.15) is 0 Å². The fourth-order valence-corrected chi connectivity index (χ4v) is 4.31. The number of carbonyl (C=O) groups is 2. The van der Waals surface area contributed by atoms with E-state index in [0.717, 1.165) is 31.6 Å². The largest absolute Gasteiger partial charge is 0.497 e. The maximum atomic E-state index is 12.1. The van der Waals surface area contributed by atoms with Crippen LogP contribution in [0.15, 0.2) is 46.8 Å². The van der Waals surface area contributed by atoms with E-state index in [-0.39, 0.29) is 11.8 Å². The summed E-state index contributed by atoms with van der Waals surface area (Å²) >= 11 is 2.91. The minimum atomic E-state index is -0.109. The van der Waals surface area contributed by atoms with Crippen molar-refractivity contribution in [2.24, 2.45) is 0 Å². The molecule has 0 fully saturated rings. The molecule has 0 atom stereocenters. The van der Waals surface area contributed by atoms with Crippen molar-refractivity contribution in [2.45, 2.75) is 17.8 Å². The second-order valence-electron chi connectivity index (χ2n) is 5.76. The molecule has 2 amide bonds. The highest BCUT2D eigenvalue weighted by Crippen LogP contribution is 2.31. The SMILES string of the molecule is COc1ccc(CNC(=O)CSc2nc3ccc(NC(C)=O)cc3s2)cc1. The summed E-state index contributed by atoms with van der Waals surface area (Å²) < 4.78 is 6.91. The van der Waals surface area contributed by atoms with Crippen molar-refractivity contribution in [3.05, 3.63) is 48.0 Å². The lowest BCUT2D eigenvalue weighted by atomic mass is 10.2. The molecule has 1 aromatic heterocycles. The van der Waals surface area contributed by atoms with Crippen molar-refractivity contribution < 1.29 is 14.3 Å². The minimum absolute atomic E-state index is 0.0472. The number of benzene rings is 2. The van der Waals surface area contributed by atoms with Gasteiger partial charge in [0.05, 0.1) is 23.1 Å². The summed E-state index contributed by atoms with van der Waals surface area (Å²) in [7, 11) is 1.62. The van der Waals surface area contributed by atoms with Crippen LogP contribution in [0.3, 0.4) is 0 Å². The highest BCUT2D eigenvalue weighted by atomic mass is 32.2. The van der Waals surface area contributed by atoms with E-state index in [1.807, 2.05) is 42.5 Å². The topological polar surface area (TPSA) is 80.3 Å². The number of amides is 2. The third-order valence-corrected chi connectivity index (χ3v) is 5.83. The molecule has 140 valence electrons.